The standard InChI is InChI=1S/C24H28ClN3O/c25-22-20(16-26)15-19(17-28-22)7-1-3-9-23(21-8-2-6-13-27-21)12-14-29-24(18-23)10-4-5-11-24/h2,6,8,13,15,17H,1,3-5,7,9-12,14,18H2. The SMILES string of the molecule is N#Cc1cc(CCCCC2(c3ccccn3)CCOC3(CCCC3)C2)cnc1Cl. The van der Waals surface area contributed by atoms with Crippen LogP contribution in [0, 0.1) is 11.3 Å². The van der Waals surface area contributed by atoms with Gasteiger partial charge in [-0.15, -0.1) is 0 Å². The van der Waals surface area contributed by atoms with Crippen LogP contribution in [0.25, 0.3) is 0 Å². The maximum Gasteiger partial charge on any atom is 0.146 e. The topological polar surface area (TPSA) is 58.8 Å². The molecule has 4 rings (SSSR count). The minimum Gasteiger partial charge on any atom is -0.375 e. The lowest BCUT2D eigenvalue weighted by Gasteiger charge is -2.46. The zero-order valence-electron chi connectivity index (χ0n) is 16.9. The van der Waals surface area contributed by atoms with Crippen LogP contribution >= 0.6 is 11.6 Å². The van der Waals surface area contributed by atoms with E-state index in [1.165, 1.54) is 31.4 Å². The second-order valence-corrected chi connectivity index (χ2v) is 9.02. The molecule has 4 nitrogen and oxygen atoms in total. The predicted molar refractivity (Wildman–Crippen MR) is 114 cm³/mol. The molecule has 5 heteroatoms. The quantitative estimate of drug-likeness (QED) is 0.448. The molecule has 2 fully saturated rings. The fraction of sp³-hybridized carbons (Fsp3) is 0.542. The van der Waals surface area contributed by atoms with Crippen LogP contribution in [-0.4, -0.2) is 22.2 Å². The highest BCUT2D eigenvalue weighted by atomic mass is 35.5. The highest BCUT2D eigenvalue weighted by molar-refractivity contribution is 6.30. The Bertz CT molecular complexity index is 873. The van der Waals surface area contributed by atoms with Gasteiger partial charge >= 0.3 is 0 Å². The molecule has 1 aliphatic heterocycles. The smallest absolute Gasteiger partial charge is 0.146 e. The van der Waals surface area contributed by atoms with Gasteiger partial charge in [0.15, 0.2) is 0 Å². The number of ether oxygens (including phenoxy) is 1. The second kappa shape index (κ2) is 8.81. The van der Waals surface area contributed by atoms with Crippen LogP contribution in [0.15, 0.2) is 36.7 Å². The number of nitriles is 1. The first-order valence-electron chi connectivity index (χ1n) is 10.7. The van der Waals surface area contributed by atoms with E-state index in [1.807, 2.05) is 18.3 Å². The molecule has 2 aromatic rings. The van der Waals surface area contributed by atoms with Crippen LogP contribution in [0.5, 0.6) is 0 Å². The van der Waals surface area contributed by atoms with Crippen molar-refractivity contribution in [3.63, 3.8) is 0 Å². The number of pyridine rings is 2. The van der Waals surface area contributed by atoms with Crippen LogP contribution in [0.3, 0.4) is 0 Å². The number of aryl methyl sites for hydroxylation is 1. The van der Waals surface area contributed by atoms with E-state index < -0.39 is 0 Å². The van der Waals surface area contributed by atoms with E-state index in [4.69, 9.17) is 26.6 Å². The van der Waals surface area contributed by atoms with Gasteiger partial charge in [-0.2, -0.15) is 5.26 Å². The Hall–Kier alpha value is -1.96. The van der Waals surface area contributed by atoms with Crippen molar-refractivity contribution in [2.75, 3.05) is 6.61 Å². The van der Waals surface area contributed by atoms with Gasteiger partial charge in [-0.1, -0.05) is 36.9 Å². The number of aromatic nitrogens is 2. The molecule has 1 spiro atoms. The third kappa shape index (κ3) is 4.47. The Morgan fingerprint density at radius 2 is 2.00 bits per heavy atom. The zero-order valence-corrected chi connectivity index (χ0v) is 17.6. The van der Waals surface area contributed by atoms with E-state index >= 15 is 0 Å². The van der Waals surface area contributed by atoms with Gasteiger partial charge < -0.3 is 4.74 Å². The number of nitrogens with zero attached hydrogens (tertiary/aromatic N) is 3. The van der Waals surface area contributed by atoms with Crippen LogP contribution < -0.4 is 0 Å². The highest BCUT2D eigenvalue weighted by Crippen LogP contribution is 2.50. The number of hydrogen-bond donors (Lipinski definition) is 0. The minimum absolute atomic E-state index is 0.0670. The summed E-state index contributed by atoms with van der Waals surface area (Å²) in [6, 6.07) is 10.3. The van der Waals surface area contributed by atoms with Crippen molar-refractivity contribution in [2.24, 2.45) is 0 Å². The van der Waals surface area contributed by atoms with Crippen LogP contribution in [0.1, 0.15) is 74.6 Å². The van der Waals surface area contributed by atoms with Crippen molar-refractivity contribution < 1.29 is 4.74 Å². The van der Waals surface area contributed by atoms with Crippen LogP contribution in [-0.2, 0) is 16.6 Å². The molecule has 0 amide bonds. The van der Waals surface area contributed by atoms with Crippen molar-refractivity contribution in [1.29, 1.82) is 5.26 Å². The van der Waals surface area contributed by atoms with Crippen LogP contribution in [0.4, 0.5) is 0 Å². The Morgan fingerprint density at radius 1 is 1.14 bits per heavy atom. The zero-order chi connectivity index (χ0) is 20.2. The third-order valence-corrected chi connectivity index (χ3v) is 7.06. The summed E-state index contributed by atoms with van der Waals surface area (Å²) in [4.78, 5) is 8.93. The van der Waals surface area contributed by atoms with Gasteiger partial charge in [-0.25, -0.2) is 4.98 Å². The molecule has 0 aromatic carbocycles. The lowest BCUT2D eigenvalue weighted by molar-refractivity contribution is -0.104. The highest BCUT2D eigenvalue weighted by Gasteiger charge is 2.48. The summed E-state index contributed by atoms with van der Waals surface area (Å²) >= 11 is 5.95. The molecule has 1 aliphatic carbocycles. The van der Waals surface area contributed by atoms with E-state index in [-0.39, 0.29) is 16.2 Å². The van der Waals surface area contributed by atoms with Gasteiger partial charge in [-0.05, 0) is 68.7 Å². The first kappa shape index (κ1) is 20.3. The average molecular weight is 410 g/mol. The fourth-order valence-electron chi connectivity index (χ4n) is 5.30. The summed E-state index contributed by atoms with van der Waals surface area (Å²) in [5.41, 5.74) is 2.95. The van der Waals surface area contributed by atoms with Gasteiger partial charge in [0.25, 0.3) is 0 Å². The lowest BCUT2D eigenvalue weighted by atomic mass is 9.67. The van der Waals surface area contributed by atoms with Crippen molar-refractivity contribution in [3.8, 4) is 6.07 Å². The van der Waals surface area contributed by atoms with E-state index in [1.54, 1.807) is 6.20 Å². The Morgan fingerprint density at radius 3 is 2.76 bits per heavy atom. The molecule has 1 atom stereocenters. The van der Waals surface area contributed by atoms with Crippen LogP contribution in [0.2, 0.25) is 5.15 Å². The molecule has 1 unspecified atom stereocenters. The third-order valence-electron chi connectivity index (χ3n) is 6.76. The normalized spacial score (nSPS) is 23.2. The Balaban J connectivity index is 1.45. The predicted octanol–water partition coefficient (Wildman–Crippen LogP) is 5.78. The summed E-state index contributed by atoms with van der Waals surface area (Å²) in [5.74, 6) is 0. The van der Waals surface area contributed by atoms with Gasteiger partial charge in [0.05, 0.1) is 11.2 Å². The van der Waals surface area contributed by atoms with E-state index in [0.717, 1.165) is 50.7 Å². The van der Waals surface area contributed by atoms with Crippen molar-refractivity contribution in [3.05, 3.63) is 58.6 Å². The van der Waals surface area contributed by atoms with Gasteiger partial charge in [0, 0.05) is 30.1 Å². The molecular formula is C24H28ClN3O. The number of halogens is 1. The van der Waals surface area contributed by atoms with Gasteiger partial charge in [0.2, 0.25) is 0 Å². The molecule has 0 N–H and O–H groups in total. The minimum atomic E-state index is 0.0670. The Labute approximate surface area is 178 Å². The molecule has 3 heterocycles. The number of unbranched alkanes of at least 4 members (excludes halogenated alkanes) is 1. The molecule has 0 radical (unpaired) electrons. The van der Waals surface area contributed by atoms with E-state index in [0.29, 0.717) is 5.56 Å². The molecule has 152 valence electrons. The maximum absolute atomic E-state index is 9.15. The molecule has 2 aliphatic rings. The monoisotopic (exact) mass is 409 g/mol. The van der Waals surface area contributed by atoms with Crippen molar-refractivity contribution in [2.45, 2.75) is 75.2 Å². The largest absolute Gasteiger partial charge is 0.375 e. The molecule has 2 aromatic heterocycles. The second-order valence-electron chi connectivity index (χ2n) is 8.66. The summed E-state index contributed by atoms with van der Waals surface area (Å²) in [7, 11) is 0. The lowest BCUT2D eigenvalue weighted by Crippen LogP contribution is -2.46. The summed E-state index contributed by atoms with van der Waals surface area (Å²) in [6.07, 6.45) is 15.0. The summed E-state index contributed by atoms with van der Waals surface area (Å²) in [6.45, 7) is 0.837. The fourth-order valence-corrected chi connectivity index (χ4v) is 5.44. The van der Waals surface area contributed by atoms with Gasteiger partial charge in [-0.3, -0.25) is 4.98 Å². The average Bonchev–Trinajstić information content (AvgIpc) is 3.20. The maximum atomic E-state index is 9.15. The van der Waals surface area contributed by atoms with Crippen molar-refractivity contribution >= 4 is 11.6 Å². The van der Waals surface area contributed by atoms with E-state index in [2.05, 4.69) is 23.2 Å². The summed E-state index contributed by atoms with van der Waals surface area (Å²) < 4.78 is 6.34. The van der Waals surface area contributed by atoms with E-state index in [9.17, 15) is 0 Å². The first-order chi connectivity index (χ1) is 14.1. The van der Waals surface area contributed by atoms with Gasteiger partial charge in [0.1, 0.15) is 11.2 Å². The first-order valence-corrected chi connectivity index (χ1v) is 11.1. The molecule has 0 bridgehead atoms. The van der Waals surface area contributed by atoms with Crippen molar-refractivity contribution in [1.82, 2.24) is 9.97 Å². The molecule has 1 saturated carbocycles. The number of rotatable bonds is 6. The number of hydrogen-bond acceptors (Lipinski definition) is 4. The molecule has 1 saturated heterocycles. The summed E-state index contributed by atoms with van der Waals surface area (Å²) in [5, 5.41) is 9.44. The molecule has 29 heavy (non-hydrogen) atoms. The molecular weight excluding hydrogens is 382 g/mol. The Kier molecular flexibility index (Phi) is 6.18.